The van der Waals surface area contributed by atoms with Crippen molar-refractivity contribution in [3.63, 3.8) is 0 Å². The lowest BCUT2D eigenvalue weighted by atomic mass is 9.96. The maximum Gasteiger partial charge on any atom is 0.427 e. The maximum atomic E-state index is 13.3. The summed E-state index contributed by atoms with van der Waals surface area (Å²) in [5, 5.41) is 10.2. The quantitative estimate of drug-likeness (QED) is 0.926. The number of aliphatic hydroxyl groups is 1. The normalized spacial score (nSPS) is 13.0. The van der Waals surface area contributed by atoms with Crippen molar-refractivity contribution in [2.45, 2.75) is 25.6 Å². The van der Waals surface area contributed by atoms with Crippen molar-refractivity contribution in [3.05, 3.63) is 32.2 Å². The average Bonchev–Trinajstić information content (AvgIpc) is 2.84. The Morgan fingerprint density at radius 1 is 1.00 bits per heavy atom. The molecule has 0 aliphatic rings. The van der Waals surface area contributed by atoms with Crippen LogP contribution < -0.4 is 0 Å². The number of hydrogen-bond donors (Lipinski definition) is 1. The Bertz CT molecular complexity index is 521. The number of nitrogens with zero attached hydrogens (tertiary/aromatic N) is 2. The summed E-state index contributed by atoms with van der Waals surface area (Å²) in [5.74, 6) is 0. The Hall–Kier alpha value is -0.990. The van der Waals surface area contributed by atoms with Crippen molar-refractivity contribution in [1.82, 2.24) is 9.97 Å². The first-order valence-corrected chi connectivity index (χ1v) is 6.64. The van der Waals surface area contributed by atoms with Crippen LogP contribution in [0.4, 0.5) is 13.2 Å². The zero-order valence-electron chi connectivity index (χ0n) is 9.45. The molecule has 98 valence electrons. The molecule has 3 nitrogen and oxygen atoms in total. The van der Waals surface area contributed by atoms with Gasteiger partial charge in [0.2, 0.25) is 5.60 Å². The van der Waals surface area contributed by atoms with Crippen LogP contribution in [0, 0.1) is 13.8 Å². The first kappa shape index (κ1) is 13.4. The van der Waals surface area contributed by atoms with Gasteiger partial charge in [0.25, 0.3) is 0 Å². The van der Waals surface area contributed by atoms with Crippen molar-refractivity contribution in [1.29, 1.82) is 0 Å². The molecule has 0 amide bonds. The second-order valence-electron chi connectivity index (χ2n) is 3.74. The van der Waals surface area contributed by atoms with Gasteiger partial charge >= 0.3 is 6.18 Å². The molecular formula is C10H9F3N2OS2. The van der Waals surface area contributed by atoms with Crippen LogP contribution in [0.3, 0.4) is 0 Å². The highest BCUT2D eigenvalue weighted by Crippen LogP contribution is 2.48. The number of thiazole rings is 2. The van der Waals surface area contributed by atoms with Crippen LogP contribution in [-0.4, -0.2) is 21.3 Å². The third-order valence-corrected chi connectivity index (χ3v) is 4.63. The Kier molecular flexibility index (Phi) is 3.20. The van der Waals surface area contributed by atoms with Gasteiger partial charge in [-0.15, -0.1) is 22.7 Å². The van der Waals surface area contributed by atoms with Crippen LogP contribution in [0.25, 0.3) is 0 Å². The molecule has 0 aromatic carbocycles. The third kappa shape index (κ3) is 1.84. The highest BCUT2D eigenvalue weighted by Gasteiger charge is 2.59. The Balaban J connectivity index is 2.71. The molecule has 0 unspecified atom stereocenters. The Morgan fingerprint density at radius 2 is 1.39 bits per heavy atom. The van der Waals surface area contributed by atoms with E-state index in [0.717, 1.165) is 22.7 Å². The summed E-state index contributed by atoms with van der Waals surface area (Å²) >= 11 is 1.58. The number of rotatable bonds is 2. The van der Waals surface area contributed by atoms with E-state index in [4.69, 9.17) is 0 Å². The fraction of sp³-hybridized carbons (Fsp3) is 0.400. The third-order valence-electron chi connectivity index (χ3n) is 2.56. The molecule has 0 spiro atoms. The first-order valence-electron chi connectivity index (χ1n) is 4.88. The summed E-state index contributed by atoms with van der Waals surface area (Å²) in [6.45, 7) is 2.89. The van der Waals surface area contributed by atoms with E-state index in [1.807, 2.05) is 0 Å². The lowest BCUT2D eigenvalue weighted by molar-refractivity contribution is -0.246. The minimum absolute atomic E-state index is 0.174. The summed E-state index contributed by atoms with van der Waals surface area (Å²) < 4.78 is 39.9. The summed E-state index contributed by atoms with van der Waals surface area (Å²) in [5.41, 5.74) is -0.0980. The van der Waals surface area contributed by atoms with Gasteiger partial charge in [-0.2, -0.15) is 13.2 Å². The summed E-state index contributed by atoms with van der Waals surface area (Å²) in [4.78, 5) is 7.14. The van der Waals surface area contributed by atoms with E-state index in [-0.39, 0.29) is 21.1 Å². The predicted octanol–water partition coefficient (Wildman–Crippen LogP) is 3.01. The van der Waals surface area contributed by atoms with Gasteiger partial charge in [0.15, 0.2) is 0 Å². The highest BCUT2D eigenvalue weighted by atomic mass is 32.1. The molecule has 2 rings (SSSR count). The minimum atomic E-state index is -4.82. The molecule has 0 fully saturated rings. The smallest absolute Gasteiger partial charge is 0.371 e. The van der Waals surface area contributed by atoms with E-state index < -0.39 is 11.8 Å². The van der Waals surface area contributed by atoms with E-state index >= 15 is 0 Å². The number of aromatic nitrogens is 2. The number of alkyl halides is 3. The molecule has 0 bridgehead atoms. The average molecular weight is 294 g/mol. The van der Waals surface area contributed by atoms with Crippen molar-refractivity contribution in [3.8, 4) is 0 Å². The van der Waals surface area contributed by atoms with Crippen LogP contribution in [0.5, 0.6) is 0 Å². The number of hydrogen-bond acceptors (Lipinski definition) is 5. The second-order valence-corrected chi connectivity index (χ2v) is 5.45. The summed E-state index contributed by atoms with van der Waals surface area (Å²) in [7, 11) is 0. The topological polar surface area (TPSA) is 46.0 Å². The monoisotopic (exact) mass is 294 g/mol. The standard InChI is InChI=1S/C10H9F3N2OS2/c1-5-7(17-3-14-5)9(16,10(11,12)13)8-6(2)15-4-18-8/h3-4,16H,1-2H3. The molecule has 0 saturated heterocycles. The zero-order valence-corrected chi connectivity index (χ0v) is 11.1. The molecule has 2 heterocycles. The van der Waals surface area contributed by atoms with E-state index in [2.05, 4.69) is 9.97 Å². The van der Waals surface area contributed by atoms with Crippen molar-refractivity contribution < 1.29 is 18.3 Å². The van der Waals surface area contributed by atoms with Crippen molar-refractivity contribution >= 4 is 22.7 Å². The van der Waals surface area contributed by atoms with Gasteiger partial charge in [-0.25, -0.2) is 9.97 Å². The van der Waals surface area contributed by atoms with Gasteiger partial charge in [0.05, 0.1) is 32.2 Å². The molecule has 0 radical (unpaired) electrons. The van der Waals surface area contributed by atoms with Crippen LogP contribution in [0.15, 0.2) is 11.0 Å². The molecular weight excluding hydrogens is 285 g/mol. The minimum Gasteiger partial charge on any atom is -0.371 e. The lowest BCUT2D eigenvalue weighted by Crippen LogP contribution is -2.43. The molecule has 8 heteroatoms. The molecule has 1 N–H and O–H groups in total. The highest BCUT2D eigenvalue weighted by molar-refractivity contribution is 7.11. The fourth-order valence-electron chi connectivity index (χ4n) is 1.66. The van der Waals surface area contributed by atoms with E-state index in [9.17, 15) is 18.3 Å². The van der Waals surface area contributed by atoms with E-state index in [1.165, 1.54) is 24.9 Å². The van der Waals surface area contributed by atoms with Crippen LogP contribution in [0.1, 0.15) is 21.1 Å². The lowest BCUT2D eigenvalue weighted by Gasteiger charge is -2.29. The molecule has 0 aliphatic heterocycles. The summed E-state index contributed by atoms with van der Waals surface area (Å²) in [6.07, 6.45) is -4.82. The largest absolute Gasteiger partial charge is 0.427 e. The van der Waals surface area contributed by atoms with Gasteiger partial charge in [-0.05, 0) is 13.8 Å². The van der Waals surface area contributed by atoms with Gasteiger partial charge in [-0.1, -0.05) is 0 Å². The van der Waals surface area contributed by atoms with E-state index in [0.29, 0.717) is 0 Å². The van der Waals surface area contributed by atoms with Crippen molar-refractivity contribution in [2.24, 2.45) is 0 Å². The number of halogens is 3. The first-order chi connectivity index (χ1) is 8.28. The molecule has 0 aliphatic carbocycles. The van der Waals surface area contributed by atoms with Gasteiger partial charge in [-0.3, -0.25) is 0 Å². The zero-order chi connectivity index (χ0) is 13.6. The predicted molar refractivity (Wildman–Crippen MR) is 62.8 cm³/mol. The van der Waals surface area contributed by atoms with Gasteiger partial charge in [0.1, 0.15) is 0 Å². The van der Waals surface area contributed by atoms with E-state index in [1.54, 1.807) is 0 Å². The fourth-order valence-corrected chi connectivity index (χ4v) is 3.58. The van der Waals surface area contributed by atoms with Crippen LogP contribution in [-0.2, 0) is 5.60 Å². The van der Waals surface area contributed by atoms with Gasteiger partial charge < -0.3 is 5.11 Å². The Morgan fingerprint density at radius 3 is 1.61 bits per heavy atom. The second kappa shape index (κ2) is 4.29. The maximum absolute atomic E-state index is 13.3. The Labute approximate surface area is 109 Å². The molecule has 0 atom stereocenters. The van der Waals surface area contributed by atoms with Crippen LogP contribution >= 0.6 is 22.7 Å². The molecule has 0 saturated carbocycles. The van der Waals surface area contributed by atoms with Gasteiger partial charge in [0, 0.05) is 0 Å². The molecule has 2 aromatic rings. The summed E-state index contributed by atoms with van der Waals surface area (Å²) in [6, 6.07) is 0. The van der Waals surface area contributed by atoms with Crippen LogP contribution in [0.2, 0.25) is 0 Å². The van der Waals surface area contributed by atoms with Crippen molar-refractivity contribution in [2.75, 3.05) is 0 Å². The molecule has 2 aromatic heterocycles. The SMILES string of the molecule is Cc1ncsc1C(O)(c1scnc1C)C(F)(F)F. The molecule has 18 heavy (non-hydrogen) atoms. The number of aryl methyl sites for hydroxylation is 2.